The number of nitrogens with one attached hydrogen (secondary N) is 1. The minimum Gasteiger partial charge on any atom is -0.339 e. The van der Waals surface area contributed by atoms with Gasteiger partial charge in [0.25, 0.3) is 0 Å². The van der Waals surface area contributed by atoms with Gasteiger partial charge in [0, 0.05) is 31.1 Å². The standard InChI is InChI=1S/C14H28N2O/c1-5-7-13(8-6-2)14(17)16-9-11(3)15-12(4)10-16/h11-13,15H,5-10H2,1-4H3. The molecule has 0 bridgehead atoms. The number of carbonyl (C=O) groups excluding carboxylic acids is 1. The van der Waals surface area contributed by atoms with Crippen molar-refractivity contribution >= 4 is 5.91 Å². The first-order valence-electron chi connectivity index (χ1n) is 7.13. The van der Waals surface area contributed by atoms with Gasteiger partial charge in [0.2, 0.25) is 5.91 Å². The molecule has 1 N–H and O–H groups in total. The van der Waals surface area contributed by atoms with E-state index in [-0.39, 0.29) is 5.92 Å². The number of amides is 1. The van der Waals surface area contributed by atoms with E-state index < -0.39 is 0 Å². The van der Waals surface area contributed by atoms with E-state index in [1.807, 2.05) is 0 Å². The zero-order valence-electron chi connectivity index (χ0n) is 11.8. The van der Waals surface area contributed by atoms with Gasteiger partial charge in [-0.05, 0) is 26.7 Å². The van der Waals surface area contributed by atoms with Crippen LogP contribution in [-0.4, -0.2) is 36.0 Å². The predicted molar refractivity (Wildman–Crippen MR) is 71.9 cm³/mol. The summed E-state index contributed by atoms with van der Waals surface area (Å²) in [5.74, 6) is 0.636. The number of carbonyl (C=O) groups is 1. The van der Waals surface area contributed by atoms with Crippen molar-refractivity contribution in [3.05, 3.63) is 0 Å². The van der Waals surface area contributed by atoms with Crippen molar-refractivity contribution in [2.75, 3.05) is 13.1 Å². The Bertz CT molecular complexity index is 226. The fourth-order valence-electron chi connectivity index (χ4n) is 2.85. The SMILES string of the molecule is CCCC(CCC)C(=O)N1CC(C)NC(C)C1. The molecule has 0 aromatic heterocycles. The van der Waals surface area contributed by atoms with Crippen LogP contribution in [0.1, 0.15) is 53.4 Å². The molecule has 2 atom stereocenters. The average Bonchev–Trinajstić information content (AvgIpc) is 2.26. The quantitative estimate of drug-likeness (QED) is 0.800. The highest BCUT2D eigenvalue weighted by atomic mass is 16.2. The zero-order valence-corrected chi connectivity index (χ0v) is 11.8. The first kappa shape index (κ1) is 14.5. The lowest BCUT2D eigenvalue weighted by Crippen LogP contribution is -2.56. The maximum absolute atomic E-state index is 12.5. The maximum atomic E-state index is 12.5. The molecule has 0 aromatic carbocycles. The van der Waals surface area contributed by atoms with Gasteiger partial charge in [-0.1, -0.05) is 26.7 Å². The van der Waals surface area contributed by atoms with Crippen LogP contribution in [0.5, 0.6) is 0 Å². The van der Waals surface area contributed by atoms with Crippen LogP contribution in [0.3, 0.4) is 0 Å². The molecule has 3 heteroatoms. The van der Waals surface area contributed by atoms with Crippen LogP contribution in [0.15, 0.2) is 0 Å². The highest BCUT2D eigenvalue weighted by Crippen LogP contribution is 2.18. The zero-order chi connectivity index (χ0) is 12.8. The molecule has 1 rings (SSSR count). The minimum atomic E-state index is 0.252. The van der Waals surface area contributed by atoms with E-state index in [0.717, 1.165) is 38.8 Å². The molecular weight excluding hydrogens is 212 g/mol. The molecule has 1 heterocycles. The summed E-state index contributed by atoms with van der Waals surface area (Å²) in [5.41, 5.74) is 0. The Kier molecular flexibility index (Phi) is 5.96. The molecule has 1 fully saturated rings. The van der Waals surface area contributed by atoms with E-state index in [9.17, 15) is 4.79 Å². The van der Waals surface area contributed by atoms with Crippen molar-refractivity contribution in [3.8, 4) is 0 Å². The van der Waals surface area contributed by atoms with Crippen molar-refractivity contribution in [3.63, 3.8) is 0 Å². The molecule has 1 saturated heterocycles. The predicted octanol–water partition coefficient (Wildman–Crippen LogP) is 2.41. The minimum absolute atomic E-state index is 0.252. The third-order valence-corrected chi connectivity index (χ3v) is 3.49. The van der Waals surface area contributed by atoms with Crippen LogP contribution in [0.4, 0.5) is 0 Å². The van der Waals surface area contributed by atoms with Crippen molar-refractivity contribution < 1.29 is 4.79 Å². The molecule has 1 amide bonds. The van der Waals surface area contributed by atoms with Gasteiger partial charge in [0.15, 0.2) is 0 Å². The van der Waals surface area contributed by atoms with Gasteiger partial charge < -0.3 is 10.2 Å². The number of hydrogen-bond acceptors (Lipinski definition) is 2. The molecule has 1 aliphatic heterocycles. The normalized spacial score (nSPS) is 25.4. The molecule has 1 aliphatic rings. The molecule has 3 nitrogen and oxygen atoms in total. The van der Waals surface area contributed by atoms with E-state index in [1.54, 1.807) is 0 Å². The van der Waals surface area contributed by atoms with Crippen molar-refractivity contribution in [2.45, 2.75) is 65.5 Å². The second-order valence-electron chi connectivity index (χ2n) is 5.49. The molecule has 0 saturated carbocycles. The van der Waals surface area contributed by atoms with Crippen LogP contribution in [0.2, 0.25) is 0 Å². The lowest BCUT2D eigenvalue weighted by Gasteiger charge is -2.38. The second kappa shape index (κ2) is 7.00. The highest BCUT2D eigenvalue weighted by molar-refractivity contribution is 5.79. The monoisotopic (exact) mass is 240 g/mol. The molecule has 17 heavy (non-hydrogen) atoms. The van der Waals surface area contributed by atoms with Gasteiger partial charge in [0.05, 0.1) is 0 Å². The summed E-state index contributed by atoms with van der Waals surface area (Å²) in [6.45, 7) is 10.4. The molecule has 100 valence electrons. The largest absolute Gasteiger partial charge is 0.339 e. The first-order valence-corrected chi connectivity index (χ1v) is 7.13. The Labute approximate surface area is 106 Å². The fourth-order valence-corrected chi connectivity index (χ4v) is 2.85. The maximum Gasteiger partial charge on any atom is 0.225 e. The second-order valence-corrected chi connectivity index (χ2v) is 5.49. The van der Waals surface area contributed by atoms with Gasteiger partial charge in [-0.15, -0.1) is 0 Å². The molecule has 0 aliphatic carbocycles. The average molecular weight is 240 g/mol. The van der Waals surface area contributed by atoms with Crippen molar-refractivity contribution in [2.24, 2.45) is 5.92 Å². The van der Waals surface area contributed by atoms with Crippen LogP contribution < -0.4 is 5.32 Å². The number of hydrogen-bond donors (Lipinski definition) is 1. The molecule has 0 spiro atoms. The summed E-state index contributed by atoms with van der Waals surface area (Å²) >= 11 is 0. The van der Waals surface area contributed by atoms with Crippen LogP contribution in [-0.2, 0) is 4.79 Å². The van der Waals surface area contributed by atoms with Crippen LogP contribution in [0, 0.1) is 5.92 Å². The Morgan fingerprint density at radius 2 is 1.65 bits per heavy atom. The third kappa shape index (κ3) is 4.30. The summed E-state index contributed by atoms with van der Waals surface area (Å²) in [4.78, 5) is 14.5. The summed E-state index contributed by atoms with van der Waals surface area (Å²) in [6.07, 6.45) is 4.29. The van der Waals surface area contributed by atoms with Crippen LogP contribution in [0.25, 0.3) is 0 Å². The van der Waals surface area contributed by atoms with Crippen LogP contribution >= 0.6 is 0 Å². The van der Waals surface area contributed by atoms with Gasteiger partial charge in [-0.3, -0.25) is 4.79 Å². The Morgan fingerprint density at radius 3 is 2.06 bits per heavy atom. The summed E-state index contributed by atoms with van der Waals surface area (Å²) in [6, 6.07) is 0.846. The van der Waals surface area contributed by atoms with Crippen molar-refractivity contribution in [1.82, 2.24) is 10.2 Å². The third-order valence-electron chi connectivity index (χ3n) is 3.49. The van der Waals surface area contributed by atoms with Gasteiger partial charge >= 0.3 is 0 Å². The smallest absolute Gasteiger partial charge is 0.225 e. The van der Waals surface area contributed by atoms with E-state index in [2.05, 4.69) is 37.9 Å². The Balaban J connectivity index is 2.59. The Hall–Kier alpha value is -0.570. The summed E-state index contributed by atoms with van der Waals surface area (Å²) in [5, 5.41) is 3.47. The highest BCUT2D eigenvalue weighted by Gasteiger charge is 2.28. The summed E-state index contributed by atoms with van der Waals surface area (Å²) < 4.78 is 0. The van der Waals surface area contributed by atoms with E-state index >= 15 is 0 Å². The number of nitrogens with zero attached hydrogens (tertiary/aromatic N) is 1. The Morgan fingerprint density at radius 1 is 1.18 bits per heavy atom. The molecule has 2 unspecified atom stereocenters. The fraction of sp³-hybridized carbons (Fsp3) is 0.929. The first-order chi connectivity index (χ1) is 8.08. The summed E-state index contributed by atoms with van der Waals surface area (Å²) in [7, 11) is 0. The lowest BCUT2D eigenvalue weighted by molar-refractivity contribution is -0.137. The van der Waals surface area contributed by atoms with Gasteiger partial charge in [0.1, 0.15) is 0 Å². The van der Waals surface area contributed by atoms with E-state index in [0.29, 0.717) is 18.0 Å². The lowest BCUT2D eigenvalue weighted by atomic mass is 9.95. The van der Waals surface area contributed by atoms with Gasteiger partial charge in [-0.2, -0.15) is 0 Å². The molecule has 0 radical (unpaired) electrons. The van der Waals surface area contributed by atoms with Gasteiger partial charge in [-0.25, -0.2) is 0 Å². The molecule has 0 aromatic rings. The van der Waals surface area contributed by atoms with E-state index in [4.69, 9.17) is 0 Å². The number of piperazine rings is 1. The number of rotatable bonds is 5. The topological polar surface area (TPSA) is 32.3 Å². The molecular formula is C14H28N2O. The van der Waals surface area contributed by atoms with Crippen molar-refractivity contribution in [1.29, 1.82) is 0 Å². The van der Waals surface area contributed by atoms with E-state index in [1.165, 1.54) is 0 Å².